The summed E-state index contributed by atoms with van der Waals surface area (Å²) in [5.41, 5.74) is 9.71. The Balaban J connectivity index is 0.000000512. The lowest BCUT2D eigenvalue weighted by atomic mass is 10.1. The number of alkyl halides is 1. The highest BCUT2D eigenvalue weighted by atomic mass is 79.9. The topological polar surface area (TPSA) is 361 Å². The lowest BCUT2D eigenvalue weighted by Crippen LogP contribution is -2.29. The number of amides is 1. The van der Waals surface area contributed by atoms with Gasteiger partial charge in [0.15, 0.2) is 11.6 Å². The number of halogens is 1. The number of H-pyrrole nitrogens is 4. The molecule has 23 nitrogen and oxygen atoms in total. The summed E-state index contributed by atoms with van der Waals surface area (Å²) in [5, 5.41) is 19.6. The molecule has 24 heteroatoms. The molecule has 0 atom stereocenters. The molecule has 0 aliphatic carbocycles. The molecule has 452 valence electrons. The van der Waals surface area contributed by atoms with Gasteiger partial charge in [0.1, 0.15) is 0 Å². The van der Waals surface area contributed by atoms with E-state index in [0.29, 0.717) is 33.6 Å². The first-order valence-corrected chi connectivity index (χ1v) is 27.1. The van der Waals surface area contributed by atoms with Crippen LogP contribution in [0.3, 0.4) is 0 Å². The molecule has 9 N–H and O–H groups in total. The van der Waals surface area contributed by atoms with E-state index in [0.717, 1.165) is 34.6 Å². The van der Waals surface area contributed by atoms with Gasteiger partial charge in [-0.05, 0) is 137 Å². The maximum atomic E-state index is 12.2. The number of carbonyl (C=O) groups excluding carboxylic acids is 3. The van der Waals surface area contributed by atoms with Crippen LogP contribution in [-0.2, 0) is 13.1 Å². The number of carboxylic acids is 2. The third kappa shape index (κ3) is 25.7. The molecule has 7 heterocycles. The SMILES string of the molecule is CC(=O)c1cc[nH]c(=O)c1.CC(=O)c1ccn(C(C)C)c(=O)c1.CC(C)Br.CC(C)n1ccc(C(=O)O)cc1=O.Cc1cc(C)c(CN)c(=O)[nH]1.Cc1cc(C)c(CNC(=O)c2ccn(C(C)C)c(=O)c2)c(=O)[nH]1.O=C(O)c1cc[nH]c(=O)c1. The van der Waals surface area contributed by atoms with E-state index >= 15 is 0 Å². The molecule has 0 aliphatic rings. The summed E-state index contributed by atoms with van der Waals surface area (Å²) in [4.78, 5) is 144. The minimum absolute atomic E-state index is 0.00347. The van der Waals surface area contributed by atoms with E-state index in [9.17, 15) is 57.5 Å². The molecule has 0 saturated heterocycles. The lowest BCUT2D eigenvalue weighted by Gasteiger charge is -2.11. The van der Waals surface area contributed by atoms with Crippen molar-refractivity contribution in [2.75, 3.05) is 0 Å². The number of carboxylic acid groups (broad SMARTS) is 2. The van der Waals surface area contributed by atoms with Crippen molar-refractivity contribution in [2.24, 2.45) is 5.73 Å². The van der Waals surface area contributed by atoms with E-state index in [1.54, 1.807) is 46.7 Å². The smallest absolute Gasteiger partial charge is 0.335 e. The van der Waals surface area contributed by atoms with Crippen LogP contribution in [-0.4, -0.2) is 78.1 Å². The van der Waals surface area contributed by atoms with Gasteiger partial charge < -0.3 is 54.9 Å². The lowest BCUT2D eigenvalue weighted by molar-refractivity contribution is 0.0685. The number of carbonyl (C=O) groups is 5. The van der Waals surface area contributed by atoms with E-state index in [1.165, 1.54) is 67.3 Å². The van der Waals surface area contributed by atoms with Gasteiger partial charge in [-0.3, -0.25) is 47.9 Å². The van der Waals surface area contributed by atoms with Crippen molar-refractivity contribution in [3.8, 4) is 0 Å². The average Bonchev–Trinajstić information content (AvgIpc) is 3.58. The number of Topliss-reactive ketones (excluding diaryl/α,β-unsaturated/α-hetero) is 2. The van der Waals surface area contributed by atoms with Crippen LogP contribution in [0.25, 0.3) is 0 Å². The third-order valence-corrected chi connectivity index (χ3v) is 11.3. The average molecular weight is 1230 g/mol. The zero-order chi connectivity index (χ0) is 64.3. The first-order chi connectivity index (χ1) is 39.1. The van der Waals surface area contributed by atoms with E-state index < -0.39 is 17.5 Å². The van der Waals surface area contributed by atoms with Crippen molar-refractivity contribution in [3.05, 3.63) is 238 Å². The van der Waals surface area contributed by atoms with Crippen molar-refractivity contribution in [1.82, 2.24) is 39.0 Å². The van der Waals surface area contributed by atoms with Crippen molar-refractivity contribution >= 4 is 45.3 Å². The molecule has 0 aliphatic heterocycles. The van der Waals surface area contributed by atoms with Crippen LogP contribution >= 0.6 is 15.9 Å². The van der Waals surface area contributed by atoms with Gasteiger partial charge in [0, 0.05) is 137 Å². The fourth-order valence-electron chi connectivity index (χ4n) is 6.99. The van der Waals surface area contributed by atoms with Crippen LogP contribution < -0.4 is 50.0 Å². The molecule has 0 unspecified atom stereocenters. The molecule has 0 bridgehead atoms. The number of pyridine rings is 7. The summed E-state index contributed by atoms with van der Waals surface area (Å²) in [6.45, 7) is 26.2. The highest BCUT2D eigenvalue weighted by Gasteiger charge is 2.12. The molecule has 0 radical (unpaired) electrons. The monoisotopic (exact) mass is 1230 g/mol. The van der Waals surface area contributed by atoms with Crippen LogP contribution in [0.4, 0.5) is 0 Å². The molecule has 84 heavy (non-hydrogen) atoms. The quantitative estimate of drug-likeness (QED) is 0.0465. The molecule has 7 rings (SSSR count). The van der Waals surface area contributed by atoms with Gasteiger partial charge in [0.2, 0.25) is 11.1 Å². The van der Waals surface area contributed by atoms with E-state index in [-0.39, 0.29) is 92.2 Å². The van der Waals surface area contributed by atoms with Crippen LogP contribution in [0.5, 0.6) is 0 Å². The Morgan fingerprint density at radius 3 is 1.15 bits per heavy atom. The number of hydrogen-bond acceptors (Lipinski definition) is 13. The number of ketones is 2. The highest BCUT2D eigenvalue weighted by Crippen LogP contribution is 2.07. The van der Waals surface area contributed by atoms with Crippen LogP contribution in [0.2, 0.25) is 0 Å². The molecule has 0 spiro atoms. The summed E-state index contributed by atoms with van der Waals surface area (Å²) < 4.78 is 4.62. The molecule has 7 aromatic heterocycles. The van der Waals surface area contributed by atoms with Gasteiger partial charge in [-0.2, -0.15) is 0 Å². The maximum Gasteiger partial charge on any atom is 0.335 e. The van der Waals surface area contributed by atoms with Crippen molar-refractivity contribution < 1.29 is 34.2 Å². The molecule has 7 aromatic rings. The number of hydrogen-bond donors (Lipinski definition) is 8. The molecule has 1 amide bonds. The molecular formula is C60H76BrN9O14. The predicted molar refractivity (Wildman–Crippen MR) is 328 cm³/mol. The van der Waals surface area contributed by atoms with E-state index in [4.69, 9.17) is 15.9 Å². The van der Waals surface area contributed by atoms with Gasteiger partial charge >= 0.3 is 11.9 Å². The fraction of sp³-hybridized carbons (Fsp3) is 0.333. The predicted octanol–water partition coefficient (Wildman–Crippen LogP) is 7.31. The maximum absolute atomic E-state index is 12.2. The Kier molecular flexibility index (Phi) is 30.9. The van der Waals surface area contributed by atoms with Crippen LogP contribution in [0, 0.1) is 27.7 Å². The molecule has 0 saturated carbocycles. The first-order valence-electron chi connectivity index (χ1n) is 26.2. The highest BCUT2D eigenvalue weighted by molar-refractivity contribution is 9.09. The second-order valence-corrected chi connectivity index (χ2v) is 21.5. The Hall–Kier alpha value is -9.16. The van der Waals surface area contributed by atoms with Gasteiger partial charge in [0.25, 0.3) is 33.7 Å². The van der Waals surface area contributed by atoms with E-state index in [2.05, 4.69) is 55.0 Å². The molecule has 0 aromatic carbocycles. The van der Waals surface area contributed by atoms with Crippen LogP contribution in [0.15, 0.2) is 137 Å². The number of nitrogens with one attached hydrogen (secondary N) is 5. The number of aromatic nitrogens is 7. The molecule has 0 fully saturated rings. The largest absolute Gasteiger partial charge is 0.478 e. The summed E-state index contributed by atoms with van der Waals surface area (Å²) in [6.07, 6.45) is 7.51. The number of rotatable bonds is 11. The van der Waals surface area contributed by atoms with E-state index in [1.807, 2.05) is 74.4 Å². The van der Waals surface area contributed by atoms with Crippen LogP contribution in [0.1, 0.15) is 173 Å². The Morgan fingerprint density at radius 1 is 0.512 bits per heavy atom. The number of aromatic carboxylic acids is 2. The number of aromatic amines is 4. The number of nitrogens with zero attached hydrogens (tertiary/aromatic N) is 3. The zero-order valence-electron chi connectivity index (χ0n) is 49.6. The summed E-state index contributed by atoms with van der Waals surface area (Å²) in [7, 11) is 0. The van der Waals surface area contributed by atoms with Crippen molar-refractivity contribution in [1.29, 1.82) is 0 Å². The van der Waals surface area contributed by atoms with Crippen molar-refractivity contribution in [2.45, 2.75) is 133 Å². The van der Waals surface area contributed by atoms with Gasteiger partial charge in [-0.1, -0.05) is 29.8 Å². The molecular weight excluding hydrogens is 1150 g/mol. The Labute approximate surface area is 492 Å². The minimum Gasteiger partial charge on any atom is -0.478 e. The summed E-state index contributed by atoms with van der Waals surface area (Å²) in [6, 6.07) is 17.7. The minimum atomic E-state index is -1.09. The zero-order valence-corrected chi connectivity index (χ0v) is 51.2. The second kappa shape index (κ2) is 35.6. The summed E-state index contributed by atoms with van der Waals surface area (Å²) >= 11 is 3.27. The standard InChI is InChI=1S/C17H21N3O3.C10H13NO2.C9H11NO3.C8H12N2O.C7H7NO2.C6H5NO3.C3H7Br/c1-10(2)20-6-5-13(8-15(20)21)16(22)18-9-14-11(3)7-12(4)19-17(14)23;1-7(2)11-5-4-9(8(3)12)6-10(11)13;1-6(2)10-4-3-7(9(12)13)5-8(10)11;1-5-3-6(2)10-8(11)7(5)4-9;1-5(9)6-2-3-8-7(10)4-6;8-5-3-4(6(9)10)1-2-7-5;1-3(2)4/h5-8,10H,9H2,1-4H3,(H,18,22)(H,19,23);4-7H,1-3H3;3-6H,1-2H3,(H,12,13);3H,4,9H2,1-2H3,(H,10,11);2-4H,1H3,(H,8,10);1-3H,(H,7,8)(H,9,10);3H,1-2H3. The number of aryl methyl sites for hydroxylation is 4. The van der Waals surface area contributed by atoms with Gasteiger partial charge in [-0.15, -0.1) is 0 Å². The first kappa shape index (κ1) is 72.9. The normalized spacial score (nSPS) is 10.1. The Bertz CT molecular complexity index is 3660. The Morgan fingerprint density at radius 2 is 0.833 bits per heavy atom. The summed E-state index contributed by atoms with van der Waals surface area (Å²) in [5.74, 6) is -2.71. The third-order valence-electron chi connectivity index (χ3n) is 11.3. The van der Waals surface area contributed by atoms with Gasteiger partial charge in [0.05, 0.1) is 11.1 Å². The fourth-order valence-corrected chi connectivity index (χ4v) is 6.99. The van der Waals surface area contributed by atoms with Gasteiger partial charge in [-0.25, -0.2) is 9.59 Å². The number of nitrogens with two attached hydrogens (primary N) is 1. The second-order valence-electron chi connectivity index (χ2n) is 19.7. The van der Waals surface area contributed by atoms with Crippen molar-refractivity contribution in [3.63, 3.8) is 0 Å².